The molecule has 0 unspecified atom stereocenters. The molecule has 0 saturated heterocycles. The number of nitriles is 1. The van der Waals surface area contributed by atoms with Crippen LogP contribution in [0.3, 0.4) is 0 Å². The van der Waals surface area contributed by atoms with Gasteiger partial charge < -0.3 is 4.57 Å². The quantitative estimate of drug-likeness (QED) is 0.700. The smallest absolute Gasteiger partial charge is 0.268 e. The van der Waals surface area contributed by atoms with Crippen molar-refractivity contribution < 1.29 is 0 Å². The van der Waals surface area contributed by atoms with E-state index in [4.69, 9.17) is 5.26 Å². The van der Waals surface area contributed by atoms with E-state index in [0.717, 1.165) is 0 Å². The molecule has 2 aromatic rings. The van der Waals surface area contributed by atoms with E-state index < -0.39 is 0 Å². The molecule has 0 aliphatic carbocycles. The van der Waals surface area contributed by atoms with E-state index in [-0.39, 0.29) is 11.1 Å². The van der Waals surface area contributed by atoms with E-state index in [1.807, 2.05) is 6.07 Å². The Morgan fingerprint density at radius 3 is 3.00 bits per heavy atom. The van der Waals surface area contributed by atoms with Gasteiger partial charge in [0, 0.05) is 13.2 Å². The number of aromatic nitrogens is 4. The van der Waals surface area contributed by atoms with Gasteiger partial charge in [-0.2, -0.15) is 10.4 Å². The van der Waals surface area contributed by atoms with Crippen LogP contribution in [0.25, 0.3) is 0 Å². The molecule has 0 bridgehead atoms. The molecule has 0 aliphatic heterocycles. The molecule has 2 rings (SSSR count). The second kappa shape index (κ2) is 3.98. The van der Waals surface area contributed by atoms with Gasteiger partial charge in [-0.05, 0) is 12.1 Å². The number of aryl methyl sites for hydroxylation is 1. The van der Waals surface area contributed by atoms with Crippen molar-refractivity contribution in [2.24, 2.45) is 7.05 Å². The summed E-state index contributed by atoms with van der Waals surface area (Å²) >= 11 is 0. The summed E-state index contributed by atoms with van der Waals surface area (Å²) < 4.78 is 3.02. The van der Waals surface area contributed by atoms with E-state index in [0.29, 0.717) is 12.4 Å². The highest BCUT2D eigenvalue weighted by molar-refractivity contribution is 5.25. The summed E-state index contributed by atoms with van der Waals surface area (Å²) in [4.78, 5) is 15.7. The zero-order valence-electron chi connectivity index (χ0n) is 8.66. The summed E-state index contributed by atoms with van der Waals surface area (Å²) in [5.74, 6) is 0.664. The fraction of sp³-hybridized carbons (Fsp3) is 0.200. The Morgan fingerprint density at radius 2 is 2.38 bits per heavy atom. The standard InChI is InChI=1S/C10H9N5O/c1-14-9(12-7-13-14)6-15-4-2-3-8(5-11)10(15)16/h2-4,7H,6H2,1H3. The summed E-state index contributed by atoms with van der Waals surface area (Å²) in [7, 11) is 1.75. The first kappa shape index (κ1) is 10.1. The molecule has 0 fully saturated rings. The van der Waals surface area contributed by atoms with Gasteiger partial charge in [-0.15, -0.1) is 0 Å². The van der Waals surface area contributed by atoms with Gasteiger partial charge >= 0.3 is 0 Å². The van der Waals surface area contributed by atoms with Crippen LogP contribution >= 0.6 is 0 Å². The largest absolute Gasteiger partial charge is 0.307 e. The molecule has 6 nitrogen and oxygen atoms in total. The molecule has 16 heavy (non-hydrogen) atoms. The number of rotatable bonds is 2. The predicted octanol–water partition coefficient (Wildman–Crippen LogP) is -0.103. The van der Waals surface area contributed by atoms with Crippen molar-refractivity contribution in [3.8, 4) is 6.07 Å². The van der Waals surface area contributed by atoms with Gasteiger partial charge in [-0.25, -0.2) is 4.98 Å². The van der Waals surface area contributed by atoms with E-state index in [1.54, 1.807) is 24.0 Å². The van der Waals surface area contributed by atoms with Crippen molar-refractivity contribution in [3.63, 3.8) is 0 Å². The molecule has 0 amide bonds. The van der Waals surface area contributed by atoms with Gasteiger partial charge in [0.15, 0.2) is 0 Å². The molecule has 0 aliphatic rings. The van der Waals surface area contributed by atoms with E-state index in [1.165, 1.54) is 17.0 Å². The third-order valence-corrected chi connectivity index (χ3v) is 2.26. The van der Waals surface area contributed by atoms with Gasteiger partial charge in [-0.3, -0.25) is 9.48 Å². The monoisotopic (exact) mass is 215 g/mol. The number of pyridine rings is 1. The van der Waals surface area contributed by atoms with Gasteiger partial charge in [0.25, 0.3) is 5.56 Å². The highest BCUT2D eigenvalue weighted by Gasteiger charge is 2.05. The summed E-state index contributed by atoms with van der Waals surface area (Å²) in [5.41, 5.74) is -0.183. The van der Waals surface area contributed by atoms with E-state index in [9.17, 15) is 4.79 Å². The molecule has 0 spiro atoms. The fourth-order valence-corrected chi connectivity index (χ4v) is 1.36. The van der Waals surface area contributed by atoms with Crippen LogP contribution in [0.2, 0.25) is 0 Å². The van der Waals surface area contributed by atoms with Gasteiger partial charge in [0.05, 0.1) is 6.54 Å². The van der Waals surface area contributed by atoms with Gasteiger partial charge in [0.1, 0.15) is 23.8 Å². The molecule has 0 radical (unpaired) electrons. The maximum atomic E-state index is 11.7. The molecule has 0 aromatic carbocycles. The molecule has 0 N–H and O–H groups in total. The van der Waals surface area contributed by atoms with E-state index >= 15 is 0 Å². The van der Waals surface area contributed by atoms with Crippen molar-refractivity contribution in [1.82, 2.24) is 19.3 Å². The minimum absolute atomic E-state index is 0.129. The second-order valence-electron chi connectivity index (χ2n) is 3.27. The number of hydrogen-bond donors (Lipinski definition) is 0. The Balaban J connectivity index is 2.41. The lowest BCUT2D eigenvalue weighted by Gasteiger charge is -2.04. The molecule has 2 aromatic heterocycles. The average molecular weight is 215 g/mol. The summed E-state index contributed by atoms with van der Waals surface area (Å²) in [5, 5.41) is 12.6. The van der Waals surface area contributed by atoms with E-state index in [2.05, 4.69) is 10.1 Å². The highest BCUT2D eigenvalue weighted by Crippen LogP contribution is 1.96. The van der Waals surface area contributed by atoms with Crippen molar-refractivity contribution in [2.45, 2.75) is 6.54 Å². The van der Waals surface area contributed by atoms with Crippen molar-refractivity contribution in [3.05, 3.63) is 46.4 Å². The highest BCUT2D eigenvalue weighted by atomic mass is 16.1. The molecule has 6 heteroatoms. The molecule has 2 heterocycles. The third kappa shape index (κ3) is 1.70. The Bertz CT molecular complexity index is 604. The second-order valence-corrected chi connectivity index (χ2v) is 3.27. The number of hydrogen-bond acceptors (Lipinski definition) is 4. The molecule has 80 valence electrons. The van der Waals surface area contributed by atoms with Crippen LogP contribution in [0.1, 0.15) is 11.4 Å². The Hall–Kier alpha value is -2.42. The summed E-state index contributed by atoms with van der Waals surface area (Å²) in [6, 6.07) is 5.01. The van der Waals surface area contributed by atoms with Crippen LogP contribution in [0.15, 0.2) is 29.5 Å². The SMILES string of the molecule is Cn1ncnc1Cn1cccc(C#N)c1=O. The first-order valence-corrected chi connectivity index (χ1v) is 4.65. The van der Waals surface area contributed by atoms with Crippen LogP contribution in [-0.2, 0) is 13.6 Å². The van der Waals surface area contributed by atoms with Crippen LogP contribution in [0, 0.1) is 11.3 Å². The zero-order chi connectivity index (χ0) is 11.5. The van der Waals surface area contributed by atoms with Crippen LogP contribution in [0.4, 0.5) is 0 Å². The predicted molar refractivity (Wildman–Crippen MR) is 55.5 cm³/mol. The maximum absolute atomic E-state index is 11.7. The lowest BCUT2D eigenvalue weighted by Crippen LogP contribution is -2.23. The lowest BCUT2D eigenvalue weighted by molar-refractivity contribution is 0.640. The minimum atomic E-state index is -0.312. The number of nitrogens with zero attached hydrogens (tertiary/aromatic N) is 5. The fourth-order valence-electron chi connectivity index (χ4n) is 1.36. The zero-order valence-corrected chi connectivity index (χ0v) is 8.66. The summed E-state index contributed by atoms with van der Waals surface area (Å²) in [6.07, 6.45) is 3.05. The van der Waals surface area contributed by atoms with Crippen molar-refractivity contribution in [1.29, 1.82) is 5.26 Å². The van der Waals surface area contributed by atoms with Crippen molar-refractivity contribution >= 4 is 0 Å². The van der Waals surface area contributed by atoms with Crippen LogP contribution in [-0.4, -0.2) is 19.3 Å². The van der Waals surface area contributed by atoms with Gasteiger partial charge in [-0.1, -0.05) is 0 Å². The molecular weight excluding hydrogens is 206 g/mol. The Morgan fingerprint density at radius 1 is 1.56 bits per heavy atom. The van der Waals surface area contributed by atoms with Crippen LogP contribution < -0.4 is 5.56 Å². The Labute approximate surface area is 91.4 Å². The normalized spacial score (nSPS) is 10.0. The summed E-state index contributed by atoms with van der Waals surface area (Å²) in [6.45, 7) is 0.310. The average Bonchev–Trinajstić information content (AvgIpc) is 2.68. The first-order chi connectivity index (χ1) is 7.72. The molecular formula is C10H9N5O. The molecule has 0 saturated carbocycles. The van der Waals surface area contributed by atoms with Crippen molar-refractivity contribution in [2.75, 3.05) is 0 Å². The minimum Gasteiger partial charge on any atom is -0.307 e. The lowest BCUT2D eigenvalue weighted by atomic mass is 10.3. The third-order valence-electron chi connectivity index (χ3n) is 2.26. The topological polar surface area (TPSA) is 76.5 Å². The maximum Gasteiger partial charge on any atom is 0.268 e. The Kier molecular flexibility index (Phi) is 2.52. The van der Waals surface area contributed by atoms with Gasteiger partial charge in [0.2, 0.25) is 0 Å². The van der Waals surface area contributed by atoms with Crippen LogP contribution in [0.5, 0.6) is 0 Å². The first-order valence-electron chi connectivity index (χ1n) is 4.65. The molecule has 0 atom stereocenters.